The summed E-state index contributed by atoms with van der Waals surface area (Å²) in [6.45, 7) is 1.78. The number of rotatable bonds is 4. The predicted octanol–water partition coefficient (Wildman–Crippen LogP) is 1.96. The number of hydrogen-bond donors (Lipinski definition) is 2. The molecule has 1 aromatic carbocycles. The zero-order chi connectivity index (χ0) is 15.6. The third-order valence-corrected chi connectivity index (χ3v) is 3.20. The van der Waals surface area contributed by atoms with Crippen LogP contribution >= 0.6 is 0 Å². The molecule has 0 spiro atoms. The fourth-order valence-corrected chi connectivity index (χ4v) is 2.05. The van der Waals surface area contributed by atoms with E-state index >= 15 is 0 Å². The molecule has 0 saturated heterocycles. The number of carboxylic acid groups (broad SMARTS) is 1. The van der Waals surface area contributed by atoms with Crippen molar-refractivity contribution in [3.63, 3.8) is 0 Å². The average Bonchev–Trinajstić information content (AvgIpc) is 2.46. The summed E-state index contributed by atoms with van der Waals surface area (Å²) in [5.74, 6) is -1.11. The Morgan fingerprint density at radius 1 is 1.19 bits per heavy atom. The largest absolute Gasteiger partial charge is 0.478 e. The molecule has 1 aromatic heterocycles. The highest BCUT2D eigenvalue weighted by Gasteiger charge is 2.17. The number of nitrogens with two attached hydrogens (primary N) is 1. The van der Waals surface area contributed by atoms with Gasteiger partial charge >= 0.3 is 5.97 Å². The summed E-state index contributed by atoms with van der Waals surface area (Å²) in [4.78, 5) is 28.3. The van der Waals surface area contributed by atoms with Crippen molar-refractivity contribution in [1.29, 1.82) is 0 Å². The second kappa shape index (κ2) is 5.62. The number of carbonyl (C=O) groups is 2. The van der Waals surface area contributed by atoms with Gasteiger partial charge in [0.05, 0.1) is 11.1 Å². The van der Waals surface area contributed by atoms with Gasteiger partial charge in [-0.3, -0.25) is 4.79 Å². The van der Waals surface area contributed by atoms with E-state index in [9.17, 15) is 9.59 Å². The van der Waals surface area contributed by atoms with E-state index in [0.717, 1.165) is 5.56 Å². The van der Waals surface area contributed by atoms with Crippen molar-refractivity contribution in [2.24, 2.45) is 5.73 Å². The van der Waals surface area contributed by atoms with Crippen LogP contribution in [0.1, 0.15) is 26.3 Å². The fourth-order valence-electron chi connectivity index (χ4n) is 2.05. The lowest BCUT2D eigenvalue weighted by molar-refractivity contribution is 0.0696. The Balaban J connectivity index is 2.45. The Labute approximate surface area is 121 Å². The number of anilines is 2. The maximum absolute atomic E-state index is 11.6. The number of aromatic nitrogens is 1. The van der Waals surface area contributed by atoms with E-state index in [4.69, 9.17) is 10.8 Å². The summed E-state index contributed by atoms with van der Waals surface area (Å²) in [6.07, 6.45) is 1.60. The van der Waals surface area contributed by atoms with E-state index in [-0.39, 0.29) is 5.56 Å². The van der Waals surface area contributed by atoms with Gasteiger partial charge in [-0.1, -0.05) is 0 Å². The Morgan fingerprint density at radius 3 is 2.33 bits per heavy atom. The minimum atomic E-state index is -0.990. The summed E-state index contributed by atoms with van der Waals surface area (Å²) in [7, 11) is 1.74. The molecule has 1 heterocycles. The first kappa shape index (κ1) is 14.5. The van der Waals surface area contributed by atoms with Crippen molar-refractivity contribution >= 4 is 23.4 Å². The second-order valence-electron chi connectivity index (χ2n) is 4.60. The van der Waals surface area contributed by atoms with E-state index < -0.39 is 11.9 Å². The smallest absolute Gasteiger partial charge is 0.335 e. The van der Waals surface area contributed by atoms with Crippen molar-refractivity contribution in [3.8, 4) is 0 Å². The van der Waals surface area contributed by atoms with Gasteiger partial charge in [-0.15, -0.1) is 0 Å². The van der Waals surface area contributed by atoms with Crippen LogP contribution < -0.4 is 10.6 Å². The molecule has 6 heteroatoms. The first-order valence-corrected chi connectivity index (χ1v) is 6.24. The lowest BCUT2D eigenvalue weighted by atomic mass is 10.1. The zero-order valence-electron chi connectivity index (χ0n) is 11.7. The van der Waals surface area contributed by atoms with Crippen LogP contribution in [0.2, 0.25) is 0 Å². The molecule has 0 fully saturated rings. The minimum absolute atomic E-state index is 0.194. The zero-order valence-corrected chi connectivity index (χ0v) is 11.7. The summed E-state index contributed by atoms with van der Waals surface area (Å²) in [5.41, 5.74) is 7.40. The topological polar surface area (TPSA) is 96.5 Å². The van der Waals surface area contributed by atoms with Gasteiger partial charge in [-0.2, -0.15) is 0 Å². The fraction of sp³-hybridized carbons (Fsp3) is 0.133. The lowest BCUT2D eigenvalue weighted by Gasteiger charge is -2.21. The molecular formula is C15H15N3O3. The van der Waals surface area contributed by atoms with Crippen molar-refractivity contribution in [2.75, 3.05) is 11.9 Å². The molecule has 0 aliphatic heterocycles. The Hall–Kier alpha value is -2.89. The molecule has 0 aliphatic carbocycles. The van der Waals surface area contributed by atoms with Crippen molar-refractivity contribution in [2.45, 2.75) is 6.92 Å². The average molecular weight is 285 g/mol. The number of carboxylic acids is 1. The molecule has 0 radical (unpaired) electrons. The number of aryl methyl sites for hydroxylation is 1. The molecule has 2 rings (SSSR count). The van der Waals surface area contributed by atoms with Crippen LogP contribution in [0.25, 0.3) is 0 Å². The molecule has 21 heavy (non-hydrogen) atoms. The van der Waals surface area contributed by atoms with Crippen molar-refractivity contribution < 1.29 is 14.7 Å². The van der Waals surface area contributed by atoms with Crippen LogP contribution in [0.15, 0.2) is 36.5 Å². The van der Waals surface area contributed by atoms with Gasteiger partial charge < -0.3 is 15.7 Å². The molecule has 0 saturated carbocycles. The first-order chi connectivity index (χ1) is 9.91. The summed E-state index contributed by atoms with van der Waals surface area (Å²) < 4.78 is 0. The maximum atomic E-state index is 11.6. The van der Waals surface area contributed by atoms with Gasteiger partial charge in [0.2, 0.25) is 0 Å². The number of primary amides is 1. The molecule has 3 N–H and O–H groups in total. The van der Waals surface area contributed by atoms with Gasteiger partial charge in [-0.25, -0.2) is 9.78 Å². The Morgan fingerprint density at radius 2 is 1.81 bits per heavy atom. The number of aromatic carboxylic acids is 1. The van der Waals surface area contributed by atoms with E-state index in [0.29, 0.717) is 17.1 Å². The van der Waals surface area contributed by atoms with E-state index in [1.807, 2.05) is 0 Å². The first-order valence-electron chi connectivity index (χ1n) is 6.24. The van der Waals surface area contributed by atoms with Crippen LogP contribution in [-0.2, 0) is 0 Å². The van der Waals surface area contributed by atoms with Crippen molar-refractivity contribution in [1.82, 2.24) is 4.98 Å². The molecule has 108 valence electrons. The number of hydrogen-bond acceptors (Lipinski definition) is 4. The van der Waals surface area contributed by atoms with Crippen LogP contribution in [0, 0.1) is 6.92 Å². The van der Waals surface area contributed by atoms with E-state index in [2.05, 4.69) is 4.98 Å². The number of benzene rings is 1. The third-order valence-electron chi connectivity index (χ3n) is 3.20. The molecule has 1 amide bonds. The molecule has 0 bridgehead atoms. The summed E-state index contributed by atoms with van der Waals surface area (Å²) >= 11 is 0. The van der Waals surface area contributed by atoms with Crippen LogP contribution in [-0.4, -0.2) is 29.0 Å². The highest BCUT2D eigenvalue weighted by Crippen LogP contribution is 2.26. The number of carbonyl (C=O) groups excluding carboxylic acids is 1. The molecular weight excluding hydrogens is 270 g/mol. The van der Waals surface area contributed by atoms with Gasteiger partial charge in [0.1, 0.15) is 5.82 Å². The van der Waals surface area contributed by atoms with Gasteiger partial charge in [0.25, 0.3) is 5.91 Å². The molecule has 2 aromatic rings. The normalized spacial score (nSPS) is 10.2. The minimum Gasteiger partial charge on any atom is -0.478 e. The van der Waals surface area contributed by atoms with Crippen LogP contribution in [0.5, 0.6) is 0 Å². The second-order valence-corrected chi connectivity index (χ2v) is 4.60. The summed E-state index contributed by atoms with van der Waals surface area (Å²) in [6, 6.07) is 8.00. The van der Waals surface area contributed by atoms with Crippen LogP contribution in [0.4, 0.5) is 11.5 Å². The number of amides is 1. The maximum Gasteiger partial charge on any atom is 0.335 e. The Kier molecular flexibility index (Phi) is 3.89. The third kappa shape index (κ3) is 2.84. The molecule has 0 unspecified atom stereocenters. The standard InChI is InChI=1S/C15H15N3O3/c1-9-7-8-17-14(12(9)13(16)19)18(2)11-5-3-10(4-6-11)15(20)21/h3-8H,1-2H3,(H2,16,19)(H,20,21). The molecule has 0 aliphatic rings. The molecule has 0 atom stereocenters. The Bertz CT molecular complexity index is 696. The highest BCUT2D eigenvalue weighted by molar-refractivity contribution is 6.00. The van der Waals surface area contributed by atoms with Gasteiger partial charge in [0, 0.05) is 18.9 Å². The van der Waals surface area contributed by atoms with Gasteiger partial charge in [0.15, 0.2) is 0 Å². The van der Waals surface area contributed by atoms with Crippen LogP contribution in [0.3, 0.4) is 0 Å². The SMILES string of the molecule is Cc1ccnc(N(C)c2ccc(C(=O)O)cc2)c1C(N)=O. The molecule has 6 nitrogen and oxygen atoms in total. The predicted molar refractivity (Wildman–Crippen MR) is 79.0 cm³/mol. The van der Waals surface area contributed by atoms with E-state index in [1.54, 1.807) is 43.3 Å². The number of pyridine rings is 1. The lowest BCUT2D eigenvalue weighted by Crippen LogP contribution is -2.21. The summed E-state index contributed by atoms with van der Waals surface area (Å²) in [5, 5.41) is 8.90. The monoisotopic (exact) mass is 285 g/mol. The highest BCUT2D eigenvalue weighted by atomic mass is 16.4. The van der Waals surface area contributed by atoms with E-state index in [1.165, 1.54) is 12.1 Å². The number of nitrogens with zero attached hydrogens (tertiary/aromatic N) is 2. The van der Waals surface area contributed by atoms with Gasteiger partial charge in [-0.05, 0) is 42.8 Å². The van der Waals surface area contributed by atoms with Crippen molar-refractivity contribution in [3.05, 3.63) is 53.2 Å². The quantitative estimate of drug-likeness (QED) is 0.895.